The molecule has 5 rings (SSSR count). The molecule has 2 heterocycles. The second kappa shape index (κ2) is 7.75. The molecular formula is C23H24F3N3O2. The molecule has 0 bridgehead atoms. The van der Waals surface area contributed by atoms with E-state index in [1.54, 1.807) is 6.07 Å². The summed E-state index contributed by atoms with van der Waals surface area (Å²) in [6, 6.07) is 9.56. The number of benzene rings is 2. The first kappa shape index (κ1) is 20.2. The number of halogens is 3. The Morgan fingerprint density at radius 2 is 1.71 bits per heavy atom. The van der Waals surface area contributed by atoms with Crippen LogP contribution in [0.4, 0.5) is 24.5 Å². The van der Waals surface area contributed by atoms with E-state index in [-0.39, 0.29) is 17.6 Å². The van der Waals surface area contributed by atoms with Crippen molar-refractivity contribution in [2.75, 3.05) is 18.4 Å². The maximum Gasteiger partial charge on any atom is 0.416 e. The first-order valence-electron chi connectivity index (χ1n) is 10.7. The van der Waals surface area contributed by atoms with Gasteiger partial charge in [0, 0.05) is 18.5 Å². The number of nitrogens with one attached hydrogen (secondary N) is 2. The smallest absolute Gasteiger partial charge is 0.416 e. The first-order chi connectivity index (χ1) is 14.9. The molecule has 3 aliphatic rings. The Morgan fingerprint density at radius 3 is 2.39 bits per heavy atom. The number of fused-ring (bicyclic) bond motifs is 2. The minimum absolute atomic E-state index is 0.0400. The zero-order valence-corrected chi connectivity index (χ0v) is 17.0. The number of amides is 1. The Morgan fingerprint density at radius 1 is 1.03 bits per heavy atom. The van der Waals surface area contributed by atoms with Crippen LogP contribution in [0.5, 0.6) is 11.5 Å². The Kier molecular flexibility index (Phi) is 5.04. The van der Waals surface area contributed by atoms with Crippen molar-refractivity contribution >= 4 is 17.3 Å². The molecule has 2 N–H and O–H groups in total. The third-order valence-electron chi connectivity index (χ3n) is 6.27. The van der Waals surface area contributed by atoms with Crippen LogP contribution < -0.4 is 15.4 Å². The number of alkyl halides is 3. The van der Waals surface area contributed by atoms with E-state index >= 15 is 0 Å². The fraction of sp³-hybridized carbons (Fsp3) is 0.435. The Labute approximate surface area is 178 Å². The topological polar surface area (TPSA) is 53.6 Å². The van der Waals surface area contributed by atoms with Gasteiger partial charge in [-0.1, -0.05) is 6.07 Å². The molecule has 5 nitrogen and oxygen atoms in total. The lowest BCUT2D eigenvalue weighted by Gasteiger charge is -2.31. The van der Waals surface area contributed by atoms with Crippen molar-refractivity contribution in [3.8, 4) is 11.5 Å². The SMILES string of the molecule is O=C(NCc1ccc2c(c1)Oc1cc(C(F)(F)F)ccc1N2)C1CCN(C2CC2)CC1. The number of piperidine rings is 1. The highest BCUT2D eigenvalue weighted by Gasteiger charge is 2.34. The minimum Gasteiger partial charge on any atom is -0.453 e. The van der Waals surface area contributed by atoms with Crippen LogP contribution in [0.15, 0.2) is 36.4 Å². The molecule has 1 saturated heterocycles. The van der Waals surface area contributed by atoms with Gasteiger partial charge in [-0.15, -0.1) is 0 Å². The van der Waals surface area contributed by atoms with Crippen LogP contribution in [0.1, 0.15) is 36.8 Å². The molecule has 31 heavy (non-hydrogen) atoms. The van der Waals surface area contributed by atoms with Crippen LogP contribution >= 0.6 is 0 Å². The van der Waals surface area contributed by atoms with Crippen molar-refractivity contribution in [1.29, 1.82) is 0 Å². The first-order valence-corrected chi connectivity index (χ1v) is 10.7. The Hall–Kier alpha value is -2.74. The average molecular weight is 431 g/mol. The molecule has 0 aromatic heterocycles. The van der Waals surface area contributed by atoms with E-state index in [0.717, 1.165) is 49.7 Å². The van der Waals surface area contributed by atoms with Gasteiger partial charge >= 0.3 is 6.18 Å². The molecule has 0 unspecified atom stereocenters. The zero-order valence-electron chi connectivity index (χ0n) is 17.0. The summed E-state index contributed by atoms with van der Waals surface area (Å²) in [5.74, 6) is 0.674. The fourth-order valence-electron chi connectivity index (χ4n) is 4.31. The van der Waals surface area contributed by atoms with E-state index in [2.05, 4.69) is 15.5 Å². The summed E-state index contributed by atoms with van der Waals surface area (Å²) in [4.78, 5) is 15.1. The highest BCUT2D eigenvalue weighted by atomic mass is 19.4. The molecule has 8 heteroatoms. The lowest BCUT2D eigenvalue weighted by Crippen LogP contribution is -2.41. The van der Waals surface area contributed by atoms with Crippen LogP contribution in [0.3, 0.4) is 0 Å². The summed E-state index contributed by atoms with van der Waals surface area (Å²) < 4.78 is 44.7. The van der Waals surface area contributed by atoms with E-state index in [0.29, 0.717) is 23.7 Å². The summed E-state index contributed by atoms with van der Waals surface area (Å²) in [6.07, 6.45) is -0.0857. The van der Waals surface area contributed by atoms with Gasteiger partial charge in [0.25, 0.3) is 0 Å². The minimum atomic E-state index is -4.43. The van der Waals surface area contributed by atoms with Crippen LogP contribution in [0.2, 0.25) is 0 Å². The number of anilines is 2. The number of carbonyl (C=O) groups excluding carboxylic acids is 1. The molecule has 0 radical (unpaired) electrons. The maximum atomic E-state index is 13.0. The monoisotopic (exact) mass is 431 g/mol. The molecule has 1 amide bonds. The van der Waals surface area contributed by atoms with E-state index in [1.807, 2.05) is 12.1 Å². The number of hydrogen-bond acceptors (Lipinski definition) is 4. The molecule has 2 aromatic rings. The van der Waals surface area contributed by atoms with E-state index < -0.39 is 11.7 Å². The molecule has 0 atom stereocenters. The predicted octanol–water partition coefficient (Wildman–Crippen LogP) is 5.05. The number of carbonyl (C=O) groups is 1. The summed E-state index contributed by atoms with van der Waals surface area (Å²) in [7, 11) is 0. The van der Waals surface area contributed by atoms with Crippen LogP contribution in [-0.2, 0) is 17.5 Å². The second-order valence-electron chi connectivity index (χ2n) is 8.53. The van der Waals surface area contributed by atoms with Gasteiger partial charge in [0.1, 0.15) is 0 Å². The largest absolute Gasteiger partial charge is 0.453 e. The van der Waals surface area contributed by atoms with Gasteiger partial charge in [-0.05, 0) is 74.7 Å². The molecule has 2 aromatic carbocycles. The van der Waals surface area contributed by atoms with Gasteiger partial charge in [-0.3, -0.25) is 4.79 Å². The van der Waals surface area contributed by atoms with Gasteiger partial charge in [0.15, 0.2) is 11.5 Å². The quantitative estimate of drug-likeness (QED) is 0.607. The van der Waals surface area contributed by atoms with Crippen molar-refractivity contribution in [3.63, 3.8) is 0 Å². The third-order valence-corrected chi connectivity index (χ3v) is 6.27. The standard InChI is InChI=1S/C23H24F3N3O2/c24-23(25,26)16-2-6-19-21(12-16)31-20-11-14(1-5-18(20)28-19)13-27-22(30)15-7-9-29(10-8-15)17-3-4-17/h1-2,5-6,11-12,15,17,28H,3-4,7-10,13H2,(H,27,30). The number of nitrogens with zero attached hydrogens (tertiary/aromatic N) is 1. The number of ether oxygens (including phenoxy) is 1. The normalized spacial score (nSPS) is 19.1. The fourth-order valence-corrected chi connectivity index (χ4v) is 4.31. The summed E-state index contributed by atoms with van der Waals surface area (Å²) in [5, 5.41) is 6.10. The van der Waals surface area contributed by atoms with Crippen molar-refractivity contribution in [2.45, 2.75) is 44.4 Å². The number of hydrogen-bond donors (Lipinski definition) is 2. The summed E-state index contributed by atoms with van der Waals surface area (Å²) in [5.41, 5.74) is 1.24. The van der Waals surface area contributed by atoms with Crippen molar-refractivity contribution in [3.05, 3.63) is 47.5 Å². The zero-order chi connectivity index (χ0) is 21.6. The van der Waals surface area contributed by atoms with E-state index in [1.165, 1.54) is 18.9 Å². The van der Waals surface area contributed by atoms with Gasteiger partial charge in [0.2, 0.25) is 5.91 Å². The average Bonchev–Trinajstić information content (AvgIpc) is 3.60. The molecule has 164 valence electrons. The molecule has 2 aliphatic heterocycles. The lowest BCUT2D eigenvalue weighted by molar-refractivity contribution is -0.137. The Balaban J connectivity index is 1.21. The number of likely N-dealkylation sites (tertiary alicyclic amines) is 1. The maximum absolute atomic E-state index is 13.0. The molecule has 0 spiro atoms. The summed E-state index contributed by atoms with van der Waals surface area (Å²) in [6.45, 7) is 2.33. The molecular weight excluding hydrogens is 407 g/mol. The van der Waals surface area contributed by atoms with Crippen LogP contribution in [-0.4, -0.2) is 29.9 Å². The highest BCUT2D eigenvalue weighted by Crippen LogP contribution is 2.44. The van der Waals surface area contributed by atoms with Crippen LogP contribution in [0.25, 0.3) is 0 Å². The van der Waals surface area contributed by atoms with Gasteiger partial charge < -0.3 is 20.3 Å². The Bertz CT molecular complexity index is 996. The van der Waals surface area contributed by atoms with E-state index in [4.69, 9.17) is 4.74 Å². The van der Waals surface area contributed by atoms with E-state index in [9.17, 15) is 18.0 Å². The van der Waals surface area contributed by atoms with Crippen LogP contribution in [0, 0.1) is 5.92 Å². The second-order valence-corrected chi connectivity index (χ2v) is 8.53. The van der Waals surface area contributed by atoms with Crippen molar-refractivity contribution < 1.29 is 22.7 Å². The highest BCUT2D eigenvalue weighted by molar-refractivity contribution is 5.79. The van der Waals surface area contributed by atoms with Gasteiger partial charge in [-0.2, -0.15) is 13.2 Å². The molecule has 1 saturated carbocycles. The summed E-state index contributed by atoms with van der Waals surface area (Å²) >= 11 is 0. The molecule has 1 aliphatic carbocycles. The van der Waals surface area contributed by atoms with Gasteiger partial charge in [-0.25, -0.2) is 0 Å². The van der Waals surface area contributed by atoms with Crippen molar-refractivity contribution in [1.82, 2.24) is 10.2 Å². The van der Waals surface area contributed by atoms with Crippen molar-refractivity contribution in [2.24, 2.45) is 5.92 Å². The number of rotatable bonds is 4. The third kappa shape index (κ3) is 4.35. The molecule has 2 fully saturated rings. The lowest BCUT2D eigenvalue weighted by atomic mass is 9.95. The predicted molar refractivity (Wildman–Crippen MR) is 110 cm³/mol. The van der Waals surface area contributed by atoms with Gasteiger partial charge in [0.05, 0.1) is 16.9 Å².